The molecule has 1 aliphatic heterocycles. The predicted octanol–water partition coefficient (Wildman–Crippen LogP) is 3.43. The lowest BCUT2D eigenvalue weighted by Gasteiger charge is -2.63. The van der Waals surface area contributed by atoms with Gasteiger partial charge in [0.1, 0.15) is 6.61 Å². The number of aliphatic hydroxyl groups is 1. The molecule has 31 heavy (non-hydrogen) atoms. The maximum atomic E-state index is 12.2. The van der Waals surface area contributed by atoms with E-state index in [2.05, 4.69) is 24.4 Å². The summed E-state index contributed by atoms with van der Waals surface area (Å²) in [6, 6.07) is 0. The highest BCUT2D eigenvalue weighted by atomic mass is 32.1. The van der Waals surface area contributed by atoms with Gasteiger partial charge in [0.2, 0.25) is 0 Å². The average Bonchev–Trinajstić information content (AvgIpc) is 3.26. The van der Waals surface area contributed by atoms with E-state index >= 15 is 0 Å². The Morgan fingerprint density at radius 1 is 1.23 bits per heavy atom. The highest BCUT2D eigenvalue weighted by Crippen LogP contribution is 2.69. The third kappa shape index (κ3) is 3.10. The molecule has 0 amide bonds. The van der Waals surface area contributed by atoms with Gasteiger partial charge in [0, 0.05) is 17.2 Å². The Morgan fingerprint density at radius 3 is 2.74 bits per heavy atom. The van der Waals surface area contributed by atoms with E-state index in [0.717, 1.165) is 63.4 Å². The topological polar surface area (TPSA) is 96.9 Å². The molecule has 0 saturated heterocycles. The summed E-state index contributed by atoms with van der Waals surface area (Å²) < 4.78 is 5.23. The maximum Gasteiger partial charge on any atom is 0.331 e. The minimum absolute atomic E-state index is 0.167. The summed E-state index contributed by atoms with van der Waals surface area (Å²) in [7, 11) is 0. The van der Waals surface area contributed by atoms with Crippen molar-refractivity contribution in [3.05, 3.63) is 11.6 Å². The van der Waals surface area contributed by atoms with Crippen molar-refractivity contribution in [2.75, 3.05) is 6.61 Å². The van der Waals surface area contributed by atoms with Crippen molar-refractivity contribution in [1.29, 1.82) is 0 Å². The van der Waals surface area contributed by atoms with E-state index in [0.29, 0.717) is 24.4 Å². The van der Waals surface area contributed by atoms with Crippen LogP contribution in [0.25, 0.3) is 0 Å². The second kappa shape index (κ2) is 7.27. The van der Waals surface area contributed by atoms with Crippen molar-refractivity contribution >= 4 is 29.0 Å². The van der Waals surface area contributed by atoms with E-state index in [1.165, 1.54) is 5.71 Å². The molecule has 0 unspecified atom stereocenters. The van der Waals surface area contributed by atoms with Crippen LogP contribution >= 0.6 is 12.2 Å². The number of nitrogens with two attached hydrogens (primary N) is 1. The number of hydrogen-bond donors (Lipinski definition) is 3. The fraction of sp³-hybridized carbons (Fsp3) is 0.792. The Bertz CT molecular complexity index is 872. The van der Waals surface area contributed by atoms with Crippen LogP contribution < -0.4 is 11.2 Å². The molecule has 5 aliphatic rings. The number of rotatable bonds is 2. The van der Waals surface area contributed by atoms with Crippen molar-refractivity contribution in [3.8, 4) is 0 Å². The summed E-state index contributed by atoms with van der Waals surface area (Å²) in [5.41, 5.74) is 10.0. The molecule has 0 aromatic carbocycles. The number of carbonyl (C=O) groups excluding carboxylic acids is 1. The number of nitrogens with zero attached hydrogens (tertiary/aromatic N) is 1. The molecule has 4 saturated carbocycles. The Labute approximate surface area is 190 Å². The standard InChI is InChI=1S/C24H35N3O3S/c1-22-8-5-16(26-27-21(25)31)12-15(22)3-4-19-18(22)6-9-23(2)17(7-10-24(19,23)29)14-11-20(28)30-13-14/h11,15,17-19,29H,3-10,12-13H2,1-2H3,(H3,25,27,31)/b26-16+/t15-,17-,18+,19+,22+,23-,24+/m1/s1. The average molecular weight is 446 g/mol. The van der Waals surface area contributed by atoms with Crippen LogP contribution in [0.4, 0.5) is 0 Å². The molecular formula is C24H35N3O3S. The van der Waals surface area contributed by atoms with Crippen molar-refractivity contribution in [3.63, 3.8) is 0 Å². The van der Waals surface area contributed by atoms with Gasteiger partial charge >= 0.3 is 5.97 Å². The highest BCUT2D eigenvalue weighted by molar-refractivity contribution is 7.80. The van der Waals surface area contributed by atoms with Crippen molar-refractivity contribution < 1.29 is 14.6 Å². The first-order chi connectivity index (χ1) is 14.7. The fourth-order valence-corrected chi connectivity index (χ4v) is 8.49. The lowest BCUT2D eigenvalue weighted by Crippen LogP contribution is -2.62. The van der Waals surface area contributed by atoms with Gasteiger partial charge in [-0.3, -0.25) is 5.43 Å². The second-order valence-corrected chi connectivity index (χ2v) is 11.6. The van der Waals surface area contributed by atoms with E-state index in [-0.39, 0.29) is 27.8 Å². The molecule has 0 spiro atoms. The van der Waals surface area contributed by atoms with E-state index in [9.17, 15) is 9.90 Å². The smallest absolute Gasteiger partial charge is 0.331 e. The summed E-state index contributed by atoms with van der Waals surface area (Å²) >= 11 is 4.90. The van der Waals surface area contributed by atoms with Gasteiger partial charge in [0.25, 0.3) is 0 Å². The van der Waals surface area contributed by atoms with Gasteiger partial charge in [0.15, 0.2) is 5.11 Å². The van der Waals surface area contributed by atoms with Crippen LogP contribution in [-0.4, -0.2) is 34.1 Å². The number of nitrogens with one attached hydrogen (secondary N) is 1. The van der Waals surface area contributed by atoms with Gasteiger partial charge in [-0.2, -0.15) is 5.10 Å². The van der Waals surface area contributed by atoms with Crippen LogP contribution in [0.1, 0.15) is 71.6 Å². The molecule has 7 heteroatoms. The summed E-state index contributed by atoms with van der Waals surface area (Å²) in [6.45, 7) is 5.16. The van der Waals surface area contributed by atoms with Crippen molar-refractivity contribution in [2.24, 2.45) is 45.3 Å². The van der Waals surface area contributed by atoms with E-state index in [1.807, 2.05) is 0 Å². The first-order valence-corrected chi connectivity index (χ1v) is 12.3. The van der Waals surface area contributed by atoms with Crippen LogP contribution in [0.5, 0.6) is 0 Å². The molecule has 0 aromatic heterocycles. The first-order valence-electron chi connectivity index (χ1n) is 11.9. The largest absolute Gasteiger partial charge is 0.458 e. The molecule has 6 nitrogen and oxygen atoms in total. The molecule has 5 rings (SSSR count). The zero-order valence-electron chi connectivity index (χ0n) is 18.7. The monoisotopic (exact) mass is 445 g/mol. The van der Waals surface area contributed by atoms with E-state index < -0.39 is 5.60 Å². The van der Waals surface area contributed by atoms with Crippen molar-refractivity contribution in [2.45, 2.75) is 77.2 Å². The lowest BCUT2D eigenvalue weighted by molar-refractivity contribution is -0.200. The lowest BCUT2D eigenvalue weighted by atomic mass is 9.43. The molecule has 0 radical (unpaired) electrons. The Kier molecular flexibility index (Phi) is 5.02. The number of thiocarbonyl (C=S) groups is 1. The third-order valence-electron chi connectivity index (χ3n) is 10.1. The van der Waals surface area contributed by atoms with Crippen LogP contribution in [-0.2, 0) is 9.53 Å². The summed E-state index contributed by atoms with van der Waals surface area (Å²) in [4.78, 5) is 11.7. The number of fused-ring (bicyclic) bond motifs is 5. The van der Waals surface area contributed by atoms with Gasteiger partial charge in [0.05, 0.1) is 5.60 Å². The van der Waals surface area contributed by atoms with E-state index in [1.54, 1.807) is 6.08 Å². The SMILES string of the molecule is C[C@]12CC/C(=N\NC(N)=S)C[C@H]1CC[C@H]1[C@@H]2CC[C@]2(C)[C@@H](C3=CC(=O)OC3)CC[C@]12O. The van der Waals surface area contributed by atoms with E-state index in [4.69, 9.17) is 22.7 Å². The Morgan fingerprint density at radius 2 is 2.03 bits per heavy atom. The van der Waals surface area contributed by atoms with Crippen LogP contribution in [0.2, 0.25) is 0 Å². The molecule has 0 aromatic rings. The quantitative estimate of drug-likeness (QED) is 0.342. The minimum Gasteiger partial charge on any atom is -0.458 e. The van der Waals surface area contributed by atoms with Crippen LogP contribution in [0, 0.1) is 34.5 Å². The highest BCUT2D eigenvalue weighted by Gasteiger charge is 2.67. The Hall–Kier alpha value is -1.47. The molecule has 0 bridgehead atoms. The summed E-state index contributed by atoms with van der Waals surface area (Å²) in [6.07, 6.45) is 11.0. The van der Waals surface area contributed by atoms with Crippen LogP contribution in [0.3, 0.4) is 0 Å². The molecule has 170 valence electrons. The van der Waals surface area contributed by atoms with Gasteiger partial charge in [-0.25, -0.2) is 4.79 Å². The predicted molar refractivity (Wildman–Crippen MR) is 123 cm³/mol. The second-order valence-electron chi connectivity index (χ2n) is 11.1. The number of carbonyl (C=O) groups is 1. The molecule has 7 atom stereocenters. The number of hydrazone groups is 1. The Balaban J connectivity index is 1.39. The molecule has 4 aliphatic carbocycles. The first kappa shape index (κ1) is 21.4. The summed E-state index contributed by atoms with van der Waals surface area (Å²) in [5.74, 6) is 1.52. The number of hydrogen-bond acceptors (Lipinski definition) is 5. The molecular weight excluding hydrogens is 410 g/mol. The summed E-state index contributed by atoms with van der Waals surface area (Å²) in [5, 5.41) is 16.9. The normalized spacial score (nSPS) is 47.8. The minimum atomic E-state index is -0.650. The van der Waals surface area contributed by atoms with Crippen molar-refractivity contribution in [1.82, 2.24) is 5.43 Å². The molecule has 4 N–H and O–H groups in total. The van der Waals surface area contributed by atoms with Gasteiger partial charge < -0.3 is 15.6 Å². The zero-order chi connectivity index (χ0) is 22.0. The molecule has 4 fully saturated rings. The third-order valence-corrected chi connectivity index (χ3v) is 10.2. The number of ether oxygens (including phenoxy) is 1. The zero-order valence-corrected chi connectivity index (χ0v) is 19.5. The number of esters is 1. The van der Waals surface area contributed by atoms with Gasteiger partial charge in [-0.05, 0) is 105 Å². The van der Waals surface area contributed by atoms with Gasteiger partial charge in [-0.1, -0.05) is 13.8 Å². The fourth-order valence-electron chi connectivity index (χ4n) is 8.45. The maximum absolute atomic E-state index is 12.2. The van der Waals surface area contributed by atoms with Crippen LogP contribution in [0.15, 0.2) is 16.8 Å². The molecule has 1 heterocycles. The number of cyclic esters (lactones) is 1. The van der Waals surface area contributed by atoms with Gasteiger partial charge in [-0.15, -0.1) is 0 Å².